The Labute approximate surface area is 97.9 Å². The van der Waals surface area contributed by atoms with E-state index in [1.54, 1.807) is 0 Å². The van der Waals surface area contributed by atoms with Gasteiger partial charge in [0.05, 0.1) is 0 Å². The zero-order chi connectivity index (χ0) is 12.0. The molecule has 4 nitrogen and oxygen atoms in total. The highest BCUT2D eigenvalue weighted by Crippen LogP contribution is 2.14. The molecular formula is C12H22N4. The molecule has 16 heavy (non-hydrogen) atoms. The number of nitrogens with zero attached hydrogens (tertiary/aromatic N) is 2. The molecular weight excluding hydrogens is 200 g/mol. The zero-order valence-electron chi connectivity index (χ0n) is 10.7. The SMILES string of the molecule is CCc1nc(NC)cc(NC(CC)CC)n1. The fraction of sp³-hybridized carbons (Fsp3) is 0.667. The van der Waals surface area contributed by atoms with Crippen molar-refractivity contribution in [3.05, 3.63) is 11.9 Å². The van der Waals surface area contributed by atoms with Gasteiger partial charge in [0.25, 0.3) is 0 Å². The number of hydrogen-bond acceptors (Lipinski definition) is 4. The van der Waals surface area contributed by atoms with Crippen LogP contribution in [0.15, 0.2) is 6.07 Å². The summed E-state index contributed by atoms with van der Waals surface area (Å²) < 4.78 is 0. The van der Waals surface area contributed by atoms with Gasteiger partial charge in [-0.05, 0) is 12.8 Å². The first kappa shape index (κ1) is 12.7. The molecule has 4 heteroatoms. The zero-order valence-corrected chi connectivity index (χ0v) is 10.7. The minimum atomic E-state index is 0.490. The normalized spacial score (nSPS) is 10.6. The molecule has 0 aliphatic carbocycles. The monoisotopic (exact) mass is 222 g/mol. The molecule has 0 spiro atoms. The van der Waals surface area contributed by atoms with E-state index in [1.807, 2.05) is 13.1 Å². The van der Waals surface area contributed by atoms with E-state index in [4.69, 9.17) is 0 Å². The summed E-state index contributed by atoms with van der Waals surface area (Å²) in [4.78, 5) is 8.84. The van der Waals surface area contributed by atoms with Gasteiger partial charge >= 0.3 is 0 Å². The maximum Gasteiger partial charge on any atom is 0.132 e. The van der Waals surface area contributed by atoms with Crippen LogP contribution in [0.3, 0.4) is 0 Å². The minimum absolute atomic E-state index is 0.490. The van der Waals surface area contributed by atoms with Gasteiger partial charge in [-0.3, -0.25) is 0 Å². The van der Waals surface area contributed by atoms with Gasteiger partial charge in [-0.2, -0.15) is 0 Å². The van der Waals surface area contributed by atoms with Gasteiger partial charge < -0.3 is 10.6 Å². The first-order chi connectivity index (χ1) is 7.73. The van der Waals surface area contributed by atoms with Crippen molar-refractivity contribution < 1.29 is 0 Å². The maximum absolute atomic E-state index is 4.47. The van der Waals surface area contributed by atoms with E-state index in [2.05, 4.69) is 41.4 Å². The standard InChI is InChI=1S/C12H22N4/c1-5-9(6-2)14-12-8-11(13-4)15-10(7-3)16-12/h8-9H,5-7H2,1-4H3,(H2,13,14,15,16). The van der Waals surface area contributed by atoms with Crippen LogP contribution in [-0.2, 0) is 6.42 Å². The fourth-order valence-electron chi connectivity index (χ4n) is 1.56. The first-order valence-corrected chi connectivity index (χ1v) is 6.05. The molecule has 0 aliphatic heterocycles. The highest BCUT2D eigenvalue weighted by Gasteiger charge is 2.06. The van der Waals surface area contributed by atoms with Crippen LogP contribution in [0.4, 0.5) is 11.6 Å². The lowest BCUT2D eigenvalue weighted by Gasteiger charge is -2.16. The van der Waals surface area contributed by atoms with E-state index >= 15 is 0 Å². The van der Waals surface area contributed by atoms with E-state index in [-0.39, 0.29) is 0 Å². The number of anilines is 2. The highest BCUT2D eigenvalue weighted by molar-refractivity contribution is 5.47. The van der Waals surface area contributed by atoms with Crippen molar-refractivity contribution in [1.29, 1.82) is 0 Å². The predicted octanol–water partition coefficient (Wildman–Crippen LogP) is 2.68. The molecule has 90 valence electrons. The predicted molar refractivity (Wildman–Crippen MR) is 68.9 cm³/mol. The van der Waals surface area contributed by atoms with Crippen molar-refractivity contribution >= 4 is 11.6 Å². The lowest BCUT2D eigenvalue weighted by molar-refractivity contribution is 0.667. The van der Waals surface area contributed by atoms with Crippen LogP contribution in [0.1, 0.15) is 39.4 Å². The Bertz CT molecular complexity index is 299. The quantitative estimate of drug-likeness (QED) is 0.777. The number of aromatic nitrogens is 2. The molecule has 0 saturated heterocycles. The van der Waals surface area contributed by atoms with Crippen LogP contribution in [-0.4, -0.2) is 23.1 Å². The molecule has 1 aromatic heterocycles. The average Bonchev–Trinajstić information content (AvgIpc) is 2.35. The second-order valence-corrected chi connectivity index (χ2v) is 3.82. The first-order valence-electron chi connectivity index (χ1n) is 6.05. The molecule has 1 heterocycles. The molecule has 0 unspecified atom stereocenters. The molecule has 2 N–H and O–H groups in total. The van der Waals surface area contributed by atoms with Crippen LogP contribution >= 0.6 is 0 Å². The second kappa shape index (κ2) is 6.30. The Morgan fingerprint density at radius 2 is 1.75 bits per heavy atom. The third-order valence-electron chi connectivity index (χ3n) is 2.68. The molecule has 0 fully saturated rings. The Morgan fingerprint density at radius 3 is 2.25 bits per heavy atom. The minimum Gasteiger partial charge on any atom is -0.373 e. The second-order valence-electron chi connectivity index (χ2n) is 3.82. The molecule has 0 bridgehead atoms. The Hall–Kier alpha value is -1.32. The fourth-order valence-corrected chi connectivity index (χ4v) is 1.56. The molecule has 0 aromatic carbocycles. The third-order valence-corrected chi connectivity index (χ3v) is 2.68. The topological polar surface area (TPSA) is 49.8 Å². The van der Waals surface area contributed by atoms with Gasteiger partial charge in [-0.25, -0.2) is 9.97 Å². The lowest BCUT2D eigenvalue weighted by atomic mass is 10.2. The summed E-state index contributed by atoms with van der Waals surface area (Å²) >= 11 is 0. The summed E-state index contributed by atoms with van der Waals surface area (Å²) in [7, 11) is 1.88. The van der Waals surface area contributed by atoms with Crippen LogP contribution in [0.5, 0.6) is 0 Å². The Morgan fingerprint density at radius 1 is 1.12 bits per heavy atom. The van der Waals surface area contributed by atoms with Crippen LogP contribution in [0.2, 0.25) is 0 Å². The summed E-state index contributed by atoms with van der Waals surface area (Å²) in [6.07, 6.45) is 3.07. The van der Waals surface area contributed by atoms with Crippen molar-refractivity contribution in [2.24, 2.45) is 0 Å². The number of aryl methyl sites for hydroxylation is 1. The van der Waals surface area contributed by atoms with Crippen molar-refractivity contribution in [3.63, 3.8) is 0 Å². The van der Waals surface area contributed by atoms with Crippen LogP contribution in [0.25, 0.3) is 0 Å². The molecule has 0 radical (unpaired) electrons. The summed E-state index contributed by atoms with van der Waals surface area (Å²) in [6.45, 7) is 6.43. The van der Waals surface area contributed by atoms with Gasteiger partial charge in [-0.15, -0.1) is 0 Å². The smallest absolute Gasteiger partial charge is 0.132 e. The summed E-state index contributed by atoms with van der Waals surface area (Å²) in [5, 5.41) is 6.50. The van der Waals surface area contributed by atoms with Gasteiger partial charge in [0.15, 0.2) is 0 Å². The van der Waals surface area contributed by atoms with E-state index in [0.29, 0.717) is 6.04 Å². The van der Waals surface area contributed by atoms with Crippen LogP contribution in [0, 0.1) is 0 Å². The van der Waals surface area contributed by atoms with Crippen molar-refractivity contribution in [2.45, 2.75) is 46.1 Å². The van der Waals surface area contributed by atoms with Gasteiger partial charge in [0.2, 0.25) is 0 Å². The molecule has 0 saturated carbocycles. The highest BCUT2D eigenvalue weighted by atomic mass is 15.1. The summed E-state index contributed by atoms with van der Waals surface area (Å²) in [5.74, 6) is 2.67. The maximum atomic E-state index is 4.47. The number of rotatable bonds is 6. The summed E-state index contributed by atoms with van der Waals surface area (Å²) in [6, 6.07) is 2.45. The van der Waals surface area contributed by atoms with Gasteiger partial charge in [-0.1, -0.05) is 20.8 Å². The number of hydrogen-bond donors (Lipinski definition) is 2. The average molecular weight is 222 g/mol. The number of nitrogens with one attached hydrogen (secondary N) is 2. The van der Waals surface area contributed by atoms with Crippen molar-refractivity contribution in [1.82, 2.24) is 9.97 Å². The van der Waals surface area contributed by atoms with Gasteiger partial charge in [0, 0.05) is 25.6 Å². The lowest BCUT2D eigenvalue weighted by Crippen LogP contribution is -2.18. The molecule has 0 amide bonds. The van der Waals surface area contributed by atoms with E-state index < -0.39 is 0 Å². The van der Waals surface area contributed by atoms with E-state index in [1.165, 1.54) is 0 Å². The van der Waals surface area contributed by atoms with E-state index in [0.717, 1.165) is 36.7 Å². The van der Waals surface area contributed by atoms with Crippen LogP contribution < -0.4 is 10.6 Å². The largest absolute Gasteiger partial charge is 0.373 e. The van der Waals surface area contributed by atoms with Gasteiger partial charge in [0.1, 0.15) is 17.5 Å². The molecule has 1 aromatic rings. The van der Waals surface area contributed by atoms with Crippen molar-refractivity contribution in [3.8, 4) is 0 Å². The Kier molecular flexibility index (Phi) is 5.02. The third kappa shape index (κ3) is 3.36. The molecule has 1 rings (SSSR count). The molecule has 0 atom stereocenters. The summed E-state index contributed by atoms with van der Waals surface area (Å²) in [5.41, 5.74) is 0. The van der Waals surface area contributed by atoms with Crippen molar-refractivity contribution in [2.75, 3.05) is 17.7 Å². The Balaban J connectivity index is 2.85. The van der Waals surface area contributed by atoms with E-state index in [9.17, 15) is 0 Å². The molecule has 0 aliphatic rings.